The molecular weight excluding hydrogens is 344 g/mol. The molecule has 7 nitrogen and oxygen atoms in total. The van der Waals surface area contributed by atoms with Crippen LogP contribution in [0.1, 0.15) is 28.5 Å². The van der Waals surface area contributed by atoms with E-state index in [1.807, 2.05) is 30.3 Å². The van der Waals surface area contributed by atoms with Crippen LogP contribution < -0.4 is 15.7 Å². The molecule has 2 N–H and O–H groups in total. The number of hydrogen-bond donors (Lipinski definition) is 2. The van der Waals surface area contributed by atoms with Gasteiger partial charge in [0.15, 0.2) is 0 Å². The average Bonchev–Trinajstić information content (AvgIpc) is 3.00. The van der Waals surface area contributed by atoms with Gasteiger partial charge in [0.25, 0.3) is 11.5 Å². The minimum Gasteiger partial charge on any atom is -0.497 e. The molecule has 138 valence electrons. The van der Waals surface area contributed by atoms with Gasteiger partial charge in [0.1, 0.15) is 5.75 Å². The van der Waals surface area contributed by atoms with Gasteiger partial charge in [0.05, 0.1) is 24.1 Å². The molecule has 0 fully saturated rings. The zero-order valence-electron chi connectivity index (χ0n) is 15.3. The van der Waals surface area contributed by atoms with Gasteiger partial charge in [0, 0.05) is 11.3 Å². The number of ether oxygens (including phenoxy) is 1. The number of carbonyl (C=O) groups is 1. The molecule has 0 aliphatic heterocycles. The zero-order valence-corrected chi connectivity index (χ0v) is 15.3. The van der Waals surface area contributed by atoms with E-state index in [9.17, 15) is 9.59 Å². The van der Waals surface area contributed by atoms with Gasteiger partial charge in [0.2, 0.25) is 0 Å². The third kappa shape index (κ3) is 3.82. The Morgan fingerprint density at radius 1 is 1.15 bits per heavy atom. The summed E-state index contributed by atoms with van der Waals surface area (Å²) in [6.07, 6.45) is 0. The molecule has 1 heterocycles. The van der Waals surface area contributed by atoms with Gasteiger partial charge < -0.3 is 4.74 Å². The van der Waals surface area contributed by atoms with Crippen LogP contribution in [0, 0.1) is 6.92 Å². The van der Waals surface area contributed by atoms with Gasteiger partial charge in [-0.25, -0.2) is 10.1 Å². The molecule has 0 bridgehead atoms. The Bertz CT molecular complexity index is 1050. The van der Waals surface area contributed by atoms with E-state index in [1.54, 1.807) is 38.1 Å². The van der Waals surface area contributed by atoms with Crippen molar-refractivity contribution in [2.24, 2.45) is 5.10 Å². The maximum atomic E-state index is 12.8. The number of aryl methyl sites for hydroxylation is 1. The molecule has 0 atom stereocenters. The minimum absolute atomic E-state index is 0.226. The van der Waals surface area contributed by atoms with E-state index in [0.29, 0.717) is 28.3 Å². The van der Waals surface area contributed by atoms with Crippen molar-refractivity contribution in [2.45, 2.75) is 13.8 Å². The summed E-state index contributed by atoms with van der Waals surface area (Å²) in [6, 6.07) is 16.0. The molecule has 0 radical (unpaired) electrons. The number of H-pyrrole nitrogens is 1. The van der Waals surface area contributed by atoms with Crippen molar-refractivity contribution in [3.8, 4) is 11.4 Å². The zero-order chi connectivity index (χ0) is 19.4. The topological polar surface area (TPSA) is 88.5 Å². The van der Waals surface area contributed by atoms with E-state index in [-0.39, 0.29) is 11.5 Å². The van der Waals surface area contributed by atoms with Crippen LogP contribution in [0.4, 0.5) is 0 Å². The highest BCUT2D eigenvalue weighted by Crippen LogP contribution is 2.12. The van der Waals surface area contributed by atoms with Crippen molar-refractivity contribution in [1.82, 2.24) is 15.2 Å². The number of amides is 1. The lowest BCUT2D eigenvalue weighted by atomic mass is 10.2. The van der Waals surface area contributed by atoms with Gasteiger partial charge in [-0.05, 0) is 44.2 Å². The smallest absolute Gasteiger partial charge is 0.280 e. The summed E-state index contributed by atoms with van der Waals surface area (Å²) in [6.45, 7) is 3.47. The summed E-state index contributed by atoms with van der Waals surface area (Å²) in [5.74, 6) is 0.195. The standard InChI is InChI=1S/C20H20N4O3/c1-13(21-22-19(25)15-8-7-11-17(12-15)27-3)18-14(2)23-24(20(18)26)16-9-5-4-6-10-16/h4-12,23H,1-3H3,(H,22,25). The third-order valence-electron chi connectivity index (χ3n) is 4.10. The predicted octanol–water partition coefficient (Wildman–Crippen LogP) is 2.64. The maximum absolute atomic E-state index is 12.8. The number of hydrogen-bond acceptors (Lipinski definition) is 4. The average molecular weight is 364 g/mol. The quantitative estimate of drug-likeness (QED) is 0.539. The summed E-state index contributed by atoms with van der Waals surface area (Å²) < 4.78 is 6.56. The van der Waals surface area contributed by atoms with E-state index in [0.717, 1.165) is 5.69 Å². The van der Waals surface area contributed by atoms with E-state index in [4.69, 9.17) is 4.74 Å². The number of nitrogens with zero attached hydrogens (tertiary/aromatic N) is 2. The second-order valence-corrected chi connectivity index (χ2v) is 5.96. The molecule has 0 aliphatic rings. The van der Waals surface area contributed by atoms with Crippen LogP contribution in [0.25, 0.3) is 5.69 Å². The highest BCUT2D eigenvalue weighted by Gasteiger charge is 2.15. The van der Waals surface area contributed by atoms with Crippen LogP contribution in [0.5, 0.6) is 5.75 Å². The molecule has 0 aliphatic carbocycles. The van der Waals surface area contributed by atoms with Crippen LogP contribution in [0.15, 0.2) is 64.5 Å². The van der Waals surface area contributed by atoms with E-state index >= 15 is 0 Å². The van der Waals surface area contributed by atoms with Crippen LogP contribution in [0.3, 0.4) is 0 Å². The monoisotopic (exact) mass is 364 g/mol. The number of carbonyl (C=O) groups excluding carboxylic acids is 1. The van der Waals surface area contributed by atoms with Crippen molar-refractivity contribution in [2.75, 3.05) is 7.11 Å². The minimum atomic E-state index is -0.384. The Labute approximate surface area is 156 Å². The molecular formula is C20H20N4O3. The first-order chi connectivity index (χ1) is 13.0. The normalized spacial score (nSPS) is 11.3. The Morgan fingerprint density at radius 2 is 1.89 bits per heavy atom. The van der Waals surface area contributed by atoms with Crippen molar-refractivity contribution in [1.29, 1.82) is 0 Å². The number of aromatic nitrogens is 2. The molecule has 1 amide bonds. The third-order valence-corrected chi connectivity index (χ3v) is 4.10. The van der Waals surface area contributed by atoms with Crippen molar-refractivity contribution < 1.29 is 9.53 Å². The molecule has 0 spiro atoms. The van der Waals surface area contributed by atoms with Gasteiger partial charge >= 0.3 is 0 Å². The first-order valence-electron chi connectivity index (χ1n) is 8.37. The molecule has 0 saturated heterocycles. The van der Waals surface area contributed by atoms with Crippen molar-refractivity contribution in [3.05, 3.63) is 81.8 Å². The van der Waals surface area contributed by atoms with E-state index in [1.165, 1.54) is 11.8 Å². The fourth-order valence-electron chi connectivity index (χ4n) is 2.75. The fourth-order valence-corrected chi connectivity index (χ4v) is 2.75. The summed E-state index contributed by atoms with van der Waals surface area (Å²) >= 11 is 0. The summed E-state index contributed by atoms with van der Waals surface area (Å²) in [7, 11) is 1.53. The van der Waals surface area contributed by atoms with Crippen LogP contribution >= 0.6 is 0 Å². The van der Waals surface area contributed by atoms with E-state index < -0.39 is 0 Å². The number of aromatic amines is 1. The lowest BCUT2D eigenvalue weighted by Crippen LogP contribution is -2.23. The summed E-state index contributed by atoms with van der Waals surface area (Å²) in [5, 5.41) is 7.14. The Hall–Kier alpha value is -3.61. The second-order valence-electron chi connectivity index (χ2n) is 5.96. The number of hydrazone groups is 1. The van der Waals surface area contributed by atoms with Gasteiger partial charge in [-0.2, -0.15) is 5.10 Å². The highest BCUT2D eigenvalue weighted by molar-refractivity contribution is 6.01. The van der Waals surface area contributed by atoms with Crippen LogP contribution in [-0.2, 0) is 0 Å². The SMILES string of the molecule is COc1cccc(C(=O)NN=C(C)c2c(C)[nH]n(-c3ccccc3)c2=O)c1. The highest BCUT2D eigenvalue weighted by atomic mass is 16.5. The van der Waals surface area contributed by atoms with Gasteiger partial charge in [-0.3, -0.25) is 14.7 Å². The first-order valence-corrected chi connectivity index (χ1v) is 8.37. The second kappa shape index (κ2) is 7.74. The lowest BCUT2D eigenvalue weighted by Gasteiger charge is -2.04. The molecule has 7 heteroatoms. The molecule has 0 saturated carbocycles. The summed E-state index contributed by atoms with van der Waals surface area (Å²) in [4.78, 5) is 25.0. The van der Waals surface area contributed by atoms with Crippen LogP contribution in [0.2, 0.25) is 0 Å². The fraction of sp³-hybridized carbons (Fsp3) is 0.150. The molecule has 27 heavy (non-hydrogen) atoms. The molecule has 3 rings (SSSR count). The largest absolute Gasteiger partial charge is 0.497 e. The number of nitrogens with one attached hydrogen (secondary N) is 2. The lowest BCUT2D eigenvalue weighted by molar-refractivity contribution is 0.0954. The molecule has 0 unspecified atom stereocenters. The van der Waals surface area contributed by atoms with Crippen molar-refractivity contribution >= 4 is 11.6 Å². The Morgan fingerprint density at radius 3 is 2.59 bits per heavy atom. The predicted molar refractivity (Wildman–Crippen MR) is 104 cm³/mol. The summed E-state index contributed by atoms with van der Waals surface area (Å²) in [5.41, 5.74) is 4.90. The van der Waals surface area contributed by atoms with Crippen molar-refractivity contribution in [3.63, 3.8) is 0 Å². The molecule has 3 aromatic rings. The Balaban J connectivity index is 1.85. The maximum Gasteiger partial charge on any atom is 0.280 e. The van der Waals surface area contributed by atoms with Gasteiger partial charge in [-0.1, -0.05) is 24.3 Å². The van der Waals surface area contributed by atoms with Crippen LogP contribution in [-0.4, -0.2) is 28.5 Å². The number of para-hydroxylation sites is 1. The molecule has 2 aromatic carbocycles. The first kappa shape index (κ1) is 18.2. The van der Waals surface area contributed by atoms with E-state index in [2.05, 4.69) is 15.6 Å². The Kier molecular flexibility index (Phi) is 5.21. The molecule has 1 aromatic heterocycles. The number of benzene rings is 2. The van der Waals surface area contributed by atoms with Gasteiger partial charge in [-0.15, -0.1) is 0 Å². The number of methoxy groups -OCH3 is 1. The number of rotatable bonds is 5.